The van der Waals surface area contributed by atoms with E-state index in [4.69, 9.17) is 9.47 Å². The first-order valence-corrected chi connectivity index (χ1v) is 12.4. The molecule has 0 bridgehead atoms. The minimum atomic E-state index is -0.249. The van der Waals surface area contributed by atoms with Crippen LogP contribution in [0.2, 0.25) is 0 Å². The van der Waals surface area contributed by atoms with Crippen LogP contribution in [0.4, 0.5) is 16.2 Å². The molecule has 3 aromatic carbocycles. The van der Waals surface area contributed by atoms with Gasteiger partial charge < -0.3 is 30.1 Å². The van der Waals surface area contributed by atoms with E-state index in [9.17, 15) is 9.90 Å². The third kappa shape index (κ3) is 7.47. The first-order valence-electron chi connectivity index (χ1n) is 12.4. The zero-order chi connectivity index (χ0) is 25.2. The topological polar surface area (TPSA) is 83.1 Å². The maximum Gasteiger partial charge on any atom is 0.319 e. The first-order chi connectivity index (χ1) is 17.6. The van der Waals surface area contributed by atoms with Gasteiger partial charge in [-0.1, -0.05) is 36.4 Å². The Balaban J connectivity index is 1.20. The highest BCUT2D eigenvalue weighted by Crippen LogP contribution is 2.23. The minimum absolute atomic E-state index is 0.249. The fourth-order valence-corrected chi connectivity index (χ4v) is 4.30. The van der Waals surface area contributed by atoms with E-state index in [0.29, 0.717) is 25.7 Å². The molecule has 190 valence electrons. The van der Waals surface area contributed by atoms with Crippen molar-refractivity contribution in [2.75, 3.05) is 37.0 Å². The largest absolute Gasteiger partial charge is 0.497 e. The maximum absolute atomic E-state index is 12.4. The van der Waals surface area contributed by atoms with Crippen LogP contribution < -0.4 is 20.3 Å². The van der Waals surface area contributed by atoms with Crippen molar-refractivity contribution in [3.05, 3.63) is 89.5 Å². The quantitative estimate of drug-likeness (QED) is 0.376. The zero-order valence-electron chi connectivity index (χ0n) is 20.8. The highest BCUT2D eigenvalue weighted by molar-refractivity contribution is 5.89. The molecule has 7 nitrogen and oxygen atoms in total. The Morgan fingerprint density at radius 2 is 1.64 bits per heavy atom. The van der Waals surface area contributed by atoms with Crippen LogP contribution >= 0.6 is 0 Å². The van der Waals surface area contributed by atoms with Crippen LogP contribution in [-0.4, -0.2) is 37.9 Å². The number of methoxy groups -OCH3 is 1. The average Bonchev–Trinajstić information content (AvgIpc) is 2.93. The molecule has 0 spiro atoms. The molecular formula is C29H35N3O4. The number of hydrogen-bond acceptors (Lipinski definition) is 5. The summed E-state index contributed by atoms with van der Waals surface area (Å²) in [7, 11) is 1.65. The number of rotatable bonds is 10. The third-order valence-corrected chi connectivity index (χ3v) is 6.51. The summed E-state index contributed by atoms with van der Waals surface area (Å²) in [6.07, 6.45) is 2.05. The Morgan fingerprint density at radius 3 is 2.33 bits per heavy atom. The van der Waals surface area contributed by atoms with Crippen LogP contribution in [-0.2, 0) is 24.5 Å². The number of carbonyl (C=O) groups is 1. The lowest BCUT2D eigenvalue weighted by atomic mass is 9.97. The van der Waals surface area contributed by atoms with E-state index in [2.05, 4.69) is 39.8 Å². The summed E-state index contributed by atoms with van der Waals surface area (Å²) < 4.78 is 11.0. The summed E-state index contributed by atoms with van der Waals surface area (Å²) in [4.78, 5) is 14.8. The molecule has 7 heteroatoms. The van der Waals surface area contributed by atoms with Crippen LogP contribution in [0.25, 0.3) is 0 Å². The van der Waals surface area contributed by atoms with Crippen LogP contribution in [0, 0.1) is 5.92 Å². The van der Waals surface area contributed by atoms with Crippen molar-refractivity contribution in [1.29, 1.82) is 0 Å². The highest BCUT2D eigenvalue weighted by Gasteiger charge is 2.18. The Hall–Kier alpha value is -3.55. The number of carbonyl (C=O) groups excluding carboxylic acids is 1. The molecule has 0 radical (unpaired) electrons. The second-order valence-electron chi connectivity index (χ2n) is 9.13. The molecule has 1 saturated heterocycles. The van der Waals surface area contributed by atoms with E-state index < -0.39 is 0 Å². The summed E-state index contributed by atoms with van der Waals surface area (Å²) in [5, 5.41) is 15.1. The molecule has 4 rings (SSSR count). The van der Waals surface area contributed by atoms with E-state index in [1.165, 1.54) is 5.69 Å². The molecule has 3 N–H and O–H groups in total. The second kappa shape index (κ2) is 13.0. The van der Waals surface area contributed by atoms with Crippen molar-refractivity contribution in [1.82, 2.24) is 5.32 Å². The molecule has 1 fully saturated rings. The summed E-state index contributed by atoms with van der Waals surface area (Å²) in [6.45, 7) is 3.62. The monoisotopic (exact) mass is 489 g/mol. The van der Waals surface area contributed by atoms with Gasteiger partial charge >= 0.3 is 6.03 Å². The molecule has 1 aliphatic heterocycles. The molecule has 0 atom stereocenters. The van der Waals surface area contributed by atoms with Gasteiger partial charge in [0.2, 0.25) is 0 Å². The second-order valence-corrected chi connectivity index (χ2v) is 9.13. The maximum atomic E-state index is 12.4. The van der Waals surface area contributed by atoms with Crippen molar-refractivity contribution < 1.29 is 19.4 Å². The number of aliphatic hydroxyl groups excluding tert-OH is 1. The van der Waals surface area contributed by atoms with Gasteiger partial charge in [0.1, 0.15) is 5.75 Å². The van der Waals surface area contributed by atoms with E-state index in [0.717, 1.165) is 54.1 Å². The van der Waals surface area contributed by atoms with Gasteiger partial charge in [0.15, 0.2) is 0 Å². The van der Waals surface area contributed by atoms with Gasteiger partial charge in [0, 0.05) is 37.6 Å². The number of nitrogens with zero attached hydrogens (tertiary/aromatic N) is 1. The third-order valence-electron chi connectivity index (χ3n) is 6.51. The Labute approximate surface area is 213 Å². The Morgan fingerprint density at radius 1 is 0.944 bits per heavy atom. The highest BCUT2D eigenvalue weighted by atomic mass is 16.5. The molecule has 3 aromatic rings. The molecule has 0 aromatic heterocycles. The lowest BCUT2D eigenvalue weighted by Gasteiger charge is -2.33. The summed E-state index contributed by atoms with van der Waals surface area (Å²) in [5.41, 5.74) is 5.01. The number of aliphatic hydroxyl groups is 1. The Bertz CT molecular complexity index is 1090. The van der Waals surface area contributed by atoms with Gasteiger partial charge in [-0.15, -0.1) is 0 Å². The van der Waals surface area contributed by atoms with Gasteiger partial charge in [0.25, 0.3) is 0 Å². The number of anilines is 2. The number of benzene rings is 3. The van der Waals surface area contributed by atoms with Crippen LogP contribution in [0.3, 0.4) is 0 Å². The number of urea groups is 1. The number of piperidine rings is 1. The summed E-state index contributed by atoms with van der Waals surface area (Å²) in [5.74, 6) is 1.25. The molecule has 0 aliphatic carbocycles. The van der Waals surface area contributed by atoms with Crippen molar-refractivity contribution >= 4 is 17.4 Å². The standard InChI is InChI=1S/C29H35N3O4/c1-35-28-11-7-24(8-12-28)20-36-21-25-3-2-4-26(17-25)31-29(34)30-18-22-5-9-27(10-6-22)32-15-13-23(19-33)14-16-32/h2-12,17,23,33H,13-16,18-21H2,1H3,(H2,30,31,34). The number of hydrogen-bond donors (Lipinski definition) is 3. The van der Waals surface area contributed by atoms with E-state index in [1.807, 2.05) is 48.5 Å². The van der Waals surface area contributed by atoms with Gasteiger partial charge in [-0.05, 0) is 71.8 Å². The van der Waals surface area contributed by atoms with Crippen molar-refractivity contribution in [3.8, 4) is 5.75 Å². The lowest BCUT2D eigenvalue weighted by molar-refractivity contribution is 0.107. The molecule has 1 heterocycles. The van der Waals surface area contributed by atoms with Crippen molar-refractivity contribution in [3.63, 3.8) is 0 Å². The first kappa shape index (κ1) is 25.5. The Kier molecular flexibility index (Phi) is 9.19. The van der Waals surface area contributed by atoms with Crippen molar-refractivity contribution in [2.45, 2.75) is 32.6 Å². The zero-order valence-corrected chi connectivity index (χ0v) is 20.8. The average molecular weight is 490 g/mol. The number of amides is 2. The molecule has 1 aliphatic rings. The van der Waals surface area contributed by atoms with Gasteiger partial charge in [0.05, 0.1) is 20.3 Å². The number of nitrogens with one attached hydrogen (secondary N) is 2. The van der Waals surface area contributed by atoms with Crippen LogP contribution in [0.15, 0.2) is 72.8 Å². The van der Waals surface area contributed by atoms with Gasteiger partial charge in [-0.3, -0.25) is 0 Å². The minimum Gasteiger partial charge on any atom is -0.497 e. The SMILES string of the molecule is COc1ccc(COCc2cccc(NC(=O)NCc3ccc(N4CCC(CO)CC4)cc3)c2)cc1. The molecule has 0 unspecified atom stereocenters. The predicted octanol–water partition coefficient (Wildman–Crippen LogP) is 4.94. The van der Waals surface area contributed by atoms with E-state index in [1.54, 1.807) is 7.11 Å². The van der Waals surface area contributed by atoms with Gasteiger partial charge in [-0.25, -0.2) is 4.79 Å². The molecule has 2 amide bonds. The normalized spacial score (nSPS) is 13.9. The van der Waals surface area contributed by atoms with Crippen molar-refractivity contribution in [2.24, 2.45) is 5.92 Å². The van der Waals surface area contributed by atoms with E-state index >= 15 is 0 Å². The molecule has 0 saturated carbocycles. The van der Waals surface area contributed by atoms with Crippen LogP contribution in [0.1, 0.15) is 29.5 Å². The van der Waals surface area contributed by atoms with Crippen LogP contribution in [0.5, 0.6) is 5.75 Å². The lowest BCUT2D eigenvalue weighted by Crippen LogP contribution is -2.34. The fraction of sp³-hybridized carbons (Fsp3) is 0.345. The molecular weight excluding hydrogens is 454 g/mol. The fourth-order valence-electron chi connectivity index (χ4n) is 4.30. The van der Waals surface area contributed by atoms with Gasteiger partial charge in [-0.2, -0.15) is 0 Å². The smallest absolute Gasteiger partial charge is 0.319 e. The van der Waals surface area contributed by atoms with E-state index in [-0.39, 0.29) is 12.6 Å². The molecule has 36 heavy (non-hydrogen) atoms. The predicted molar refractivity (Wildman–Crippen MR) is 142 cm³/mol. The summed E-state index contributed by atoms with van der Waals surface area (Å²) in [6, 6.07) is 23.5. The number of ether oxygens (including phenoxy) is 2. The summed E-state index contributed by atoms with van der Waals surface area (Å²) >= 11 is 0.